The average molecular weight is 738 g/mol. The molecule has 1 saturated heterocycles. The molecule has 0 spiro atoms. The lowest BCUT2D eigenvalue weighted by Crippen LogP contribution is -2.60. The van der Waals surface area contributed by atoms with Crippen molar-refractivity contribution in [2.45, 2.75) is 217 Å². The van der Waals surface area contributed by atoms with E-state index in [-0.39, 0.29) is 12.5 Å². The van der Waals surface area contributed by atoms with Crippen molar-refractivity contribution in [3.05, 3.63) is 36.5 Å². The molecule has 1 heterocycles. The molecule has 304 valence electrons. The first-order valence-corrected chi connectivity index (χ1v) is 21.2. The van der Waals surface area contributed by atoms with E-state index in [0.29, 0.717) is 12.8 Å². The highest BCUT2D eigenvalue weighted by Crippen LogP contribution is 2.23. The number of aliphatic hydroxyl groups excluding tert-OH is 5. The largest absolute Gasteiger partial charge is 0.394 e. The summed E-state index contributed by atoms with van der Waals surface area (Å²) in [5.74, 6) is -0.160. The van der Waals surface area contributed by atoms with Gasteiger partial charge >= 0.3 is 0 Å². The quantitative estimate of drug-likeness (QED) is 0.0287. The molecular weight excluding hydrogens is 658 g/mol. The highest BCUT2D eigenvalue weighted by molar-refractivity contribution is 5.76. The number of amides is 1. The van der Waals surface area contributed by atoms with E-state index >= 15 is 0 Å². The Balaban J connectivity index is 2.35. The summed E-state index contributed by atoms with van der Waals surface area (Å²) in [5.41, 5.74) is 0. The summed E-state index contributed by atoms with van der Waals surface area (Å²) < 4.78 is 11.2. The minimum absolute atomic E-state index is 0.144. The molecule has 0 saturated carbocycles. The van der Waals surface area contributed by atoms with Crippen molar-refractivity contribution in [2.24, 2.45) is 0 Å². The van der Waals surface area contributed by atoms with Gasteiger partial charge in [0.1, 0.15) is 24.4 Å². The second-order valence-electron chi connectivity index (χ2n) is 14.8. The average Bonchev–Trinajstić information content (AvgIpc) is 3.14. The van der Waals surface area contributed by atoms with Gasteiger partial charge in [0.05, 0.1) is 25.4 Å². The second-order valence-corrected chi connectivity index (χ2v) is 14.8. The number of unbranched alkanes of at least 4 members (excludes halogenated alkanes) is 18. The van der Waals surface area contributed by atoms with Gasteiger partial charge in [0.2, 0.25) is 5.91 Å². The fourth-order valence-electron chi connectivity index (χ4n) is 6.52. The molecule has 7 atom stereocenters. The van der Waals surface area contributed by atoms with Gasteiger partial charge < -0.3 is 40.3 Å². The smallest absolute Gasteiger partial charge is 0.220 e. The lowest BCUT2D eigenvalue weighted by molar-refractivity contribution is -0.302. The van der Waals surface area contributed by atoms with Crippen LogP contribution in [0.4, 0.5) is 0 Å². The Morgan fingerprint density at radius 2 is 1.13 bits per heavy atom. The van der Waals surface area contributed by atoms with Crippen LogP contribution in [0.25, 0.3) is 0 Å². The van der Waals surface area contributed by atoms with Gasteiger partial charge in [-0.1, -0.05) is 153 Å². The SMILES string of the molecule is CCCCC/C=C\C/C=C\C/C=C\CCCCCCCCC(=O)NC(COC1OC(CO)C(O)C(O)C1O)C(O)CCCCCCCCCCCC. The molecule has 1 rings (SSSR count). The zero-order valence-electron chi connectivity index (χ0n) is 33.1. The first-order chi connectivity index (χ1) is 25.3. The van der Waals surface area contributed by atoms with Crippen molar-refractivity contribution in [3.8, 4) is 0 Å². The predicted molar refractivity (Wildman–Crippen MR) is 212 cm³/mol. The molecule has 0 bridgehead atoms. The van der Waals surface area contributed by atoms with E-state index in [1.807, 2.05) is 0 Å². The first-order valence-electron chi connectivity index (χ1n) is 21.2. The molecular formula is C43H79NO8. The van der Waals surface area contributed by atoms with E-state index in [0.717, 1.165) is 64.2 Å². The number of carbonyl (C=O) groups excluding carboxylic acids is 1. The van der Waals surface area contributed by atoms with Crippen LogP contribution in [0.15, 0.2) is 36.5 Å². The number of allylic oxidation sites excluding steroid dienone is 6. The molecule has 1 fully saturated rings. The van der Waals surface area contributed by atoms with Crippen LogP contribution in [0.5, 0.6) is 0 Å². The van der Waals surface area contributed by atoms with E-state index in [9.17, 15) is 30.3 Å². The fraction of sp³-hybridized carbons (Fsp3) is 0.837. The Bertz CT molecular complexity index is 910. The normalized spacial score (nSPS) is 22.2. The number of aliphatic hydroxyl groups is 5. The summed E-state index contributed by atoms with van der Waals surface area (Å²) in [4.78, 5) is 12.9. The van der Waals surface area contributed by atoms with Gasteiger partial charge in [0.25, 0.3) is 0 Å². The Hall–Kier alpha value is -1.59. The summed E-state index contributed by atoms with van der Waals surface area (Å²) in [6.45, 7) is 3.76. The lowest BCUT2D eigenvalue weighted by Gasteiger charge is -2.40. The summed E-state index contributed by atoms with van der Waals surface area (Å²) in [6, 6.07) is -0.723. The molecule has 1 aliphatic heterocycles. The van der Waals surface area contributed by atoms with Crippen molar-refractivity contribution in [1.29, 1.82) is 0 Å². The third-order valence-electron chi connectivity index (χ3n) is 10.00. The number of carbonyl (C=O) groups is 1. The van der Waals surface area contributed by atoms with Gasteiger partial charge in [0.15, 0.2) is 6.29 Å². The monoisotopic (exact) mass is 738 g/mol. The van der Waals surface area contributed by atoms with Gasteiger partial charge in [-0.05, 0) is 51.4 Å². The summed E-state index contributed by atoms with van der Waals surface area (Å²) in [5, 5.41) is 54.1. The molecule has 9 heteroatoms. The molecule has 0 aromatic heterocycles. The Labute approximate surface area is 317 Å². The van der Waals surface area contributed by atoms with Crippen molar-refractivity contribution in [2.75, 3.05) is 13.2 Å². The van der Waals surface area contributed by atoms with E-state index in [2.05, 4.69) is 55.6 Å². The molecule has 7 unspecified atom stereocenters. The predicted octanol–water partition coefficient (Wildman–Crippen LogP) is 8.11. The number of rotatable bonds is 34. The van der Waals surface area contributed by atoms with E-state index < -0.39 is 49.5 Å². The van der Waals surface area contributed by atoms with Crippen LogP contribution >= 0.6 is 0 Å². The summed E-state index contributed by atoms with van der Waals surface area (Å²) >= 11 is 0. The fourth-order valence-corrected chi connectivity index (χ4v) is 6.52. The molecule has 0 radical (unpaired) electrons. The molecule has 6 N–H and O–H groups in total. The Morgan fingerprint density at radius 1 is 0.654 bits per heavy atom. The zero-order chi connectivity index (χ0) is 38.1. The first kappa shape index (κ1) is 48.4. The van der Waals surface area contributed by atoms with Crippen LogP contribution in [-0.2, 0) is 14.3 Å². The van der Waals surface area contributed by atoms with E-state index in [1.165, 1.54) is 83.5 Å². The maximum Gasteiger partial charge on any atom is 0.220 e. The maximum absolute atomic E-state index is 12.9. The standard InChI is InChI=1S/C43H79NO8/c1-3-5-7-9-11-13-15-16-17-18-19-20-21-22-23-25-27-29-31-33-39(47)44-36(35-51-43-42(50)41(49)40(48)38(34-45)52-43)37(46)32-30-28-26-24-14-12-10-8-6-4-2/h11,13,16-17,19-20,36-38,40-43,45-46,48-50H,3-10,12,14-15,18,21-35H2,1-2H3,(H,44,47)/b13-11-,17-16-,20-19-. The minimum atomic E-state index is -1.55. The second kappa shape index (κ2) is 33.9. The van der Waals surface area contributed by atoms with E-state index in [1.54, 1.807) is 0 Å². The van der Waals surface area contributed by atoms with Crippen LogP contribution in [0.3, 0.4) is 0 Å². The highest BCUT2D eigenvalue weighted by Gasteiger charge is 2.44. The van der Waals surface area contributed by atoms with Crippen molar-refractivity contribution in [1.82, 2.24) is 5.32 Å². The van der Waals surface area contributed by atoms with Crippen molar-refractivity contribution in [3.63, 3.8) is 0 Å². The van der Waals surface area contributed by atoms with Crippen LogP contribution in [0.2, 0.25) is 0 Å². The van der Waals surface area contributed by atoms with Gasteiger partial charge in [0, 0.05) is 6.42 Å². The number of hydrogen-bond acceptors (Lipinski definition) is 8. The minimum Gasteiger partial charge on any atom is -0.394 e. The van der Waals surface area contributed by atoms with Gasteiger partial charge in [-0.25, -0.2) is 0 Å². The number of hydrogen-bond donors (Lipinski definition) is 6. The maximum atomic E-state index is 12.9. The zero-order valence-corrected chi connectivity index (χ0v) is 33.1. The van der Waals surface area contributed by atoms with Crippen LogP contribution < -0.4 is 5.32 Å². The molecule has 1 amide bonds. The van der Waals surface area contributed by atoms with Crippen molar-refractivity contribution >= 4 is 5.91 Å². The number of ether oxygens (including phenoxy) is 2. The Kier molecular flexibility index (Phi) is 31.6. The lowest BCUT2D eigenvalue weighted by atomic mass is 9.99. The highest BCUT2D eigenvalue weighted by atomic mass is 16.7. The summed E-state index contributed by atoms with van der Waals surface area (Å²) in [6.07, 6.45) is 32.9. The molecule has 0 aromatic rings. The van der Waals surface area contributed by atoms with Gasteiger partial charge in [-0.3, -0.25) is 4.79 Å². The molecule has 9 nitrogen and oxygen atoms in total. The molecule has 0 aromatic carbocycles. The number of nitrogens with one attached hydrogen (secondary N) is 1. The molecule has 52 heavy (non-hydrogen) atoms. The molecule has 1 aliphatic rings. The third-order valence-corrected chi connectivity index (χ3v) is 10.00. The van der Waals surface area contributed by atoms with Crippen LogP contribution in [0.1, 0.15) is 174 Å². The topological polar surface area (TPSA) is 149 Å². The van der Waals surface area contributed by atoms with Crippen LogP contribution in [0, 0.1) is 0 Å². The Morgan fingerprint density at radius 3 is 1.71 bits per heavy atom. The third kappa shape index (κ3) is 24.7. The summed E-state index contributed by atoms with van der Waals surface area (Å²) in [7, 11) is 0. The van der Waals surface area contributed by atoms with Crippen LogP contribution in [-0.4, -0.2) is 87.5 Å². The van der Waals surface area contributed by atoms with Gasteiger partial charge in [-0.15, -0.1) is 0 Å². The molecule has 0 aliphatic carbocycles. The van der Waals surface area contributed by atoms with Gasteiger partial charge in [-0.2, -0.15) is 0 Å². The van der Waals surface area contributed by atoms with E-state index in [4.69, 9.17) is 9.47 Å². The van der Waals surface area contributed by atoms with Crippen molar-refractivity contribution < 1.29 is 39.8 Å².